The van der Waals surface area contributed by atoms with Crippen LogP contribution in [-0.4, -0.2) is 11.0 Å². The number of pyridine rings is 1. The molecule has 3 nitrogen and oxygen atoms in total. The predicted octanol–water partition coefficient (Wildman–Crippen LogP) is 5.99. The predicted molar refractivity (Wildman–Crippen MR) is 118 cm³/mol. The molecule has 0 fully saturated rings. The molecule has 3 aromatic heterocycles. The van der Waals surface area contributed by atoms with Crippen LogP contribution in [0.5, 0.6) is 0 Å². The molecule has 3 aromatic rings. The second kappa shape index (κ2) is 7.52. The fraction of sp³-hybridized carbons (Fsp3) is 0.278. The molecule has 0 spiro atoms. The lowest BCUT2D eigenvalue weighted by Gasteiger charge is -2.24. The first-order valence-corrected chi connectivity index (χ1v) is 11.2. The van der Waals surface area contributed by atoms with Gasteiger partial charge in [-0.05, 0) is 46.9 Å². The van der Waals surface area contributed by atoms with E-state index in [0.717, 1.165) is 30.6 Å². The van der Waals surface area contributed by atoms with Crippen molar-refractivity contribution in [2.45, 2.75) is 31.3 Å². The van der Waals surface area contributed by atoms with Crippen LogP contribution in [0.25, 0.3) is 10.2 Å². The minimum atomic E-state index is 0.171. The van der Waals surface area contributed by atoms with E-state index >= 15 is 0 Å². The summed E-state index contributed by atoms with van der Waals surface area (Å²) in [6.45, 7) is 0.794. The van der Waals surface area contributed by atoms with E-state index in [1.54, 1.807) is 22.7 Å². The third-order valence-corrected chi connectivity index (χ3v) is 8.30. The number of nitrogens with zero attached hydrogens (tertiary/aromatic N) is 1. The second-order valence-electron chi connectivity index (χ2n) is 6.10. The summed E-state index contributed by atoms with van der Waals surface area (Å²) < 4.78 is 2.36. The van der Waals surface area contributed by atoms with Crippen LogP contribution in [0.2, 0.25) is 5.15 Å². The van der Waals surface area contributed by atoms with Crippen LogP contribution in [0.3, 0.4) is 0 Å². The van der Waals surface area contributed by atoms with Gasteiger partial charge in [0.15, 0.2) is 0 Å². The first kappa shape index (κ1) is 17.7. The molecule has 4 rings (SSSR count). The SMILES string of the molecule is N[C@H]1CC=CC[C@@H]1c1sc2c(NCc3cccs3)cc(Cl)nc2c1I. The minimum absolute atomic E-state index is 0.171. The van der Waals surface area contributed by atoms with E-state index in [9.17, 15) is 0 Å². The number of nitrogens with one attached hydrogen (secondary N) is 1. The van der Waals surface area contributed by atoms with Crippen molar-refractivity contribution in [2.24, 2.45) is 5.73 Å². The number of nitrogens with two attached hydrogens (primary N) is 1. The number of aromatic nitrogens is 1. The first-order valence-electron chi connectivity index (χ1n) is 8.08. The monoisotopic (exact) mass is 501 g/mol. The van der Waals surface area contributed by atoms with Crippen LogP contribution in [0.4, 0.5) is 5.69 Å². The maximum absolute atomic E-state index is 6.38. The Labute approximate surface area is 173 Å². The highest BCUT2D eigenvalue weighted by Crippen LogP contribution is 2.43. The van der Waals surface area contributed by atoms with Crippen molar-refractivity contribution in [3.63, 3.8) is 0 Å². The third kappa shape index (κ3) is 3.60. The topological polar surface area (TPSA) is 50.9 Å². The van der Waals surface area contributed by atoms with Crippen molar-refractivity contribution in [3.05, 3.63) is 54.2 Å². The number of allylic oxidation sites excluding steroid dienone is 1. The fourth-order valence-electron chi connectivity index (χ4n) is 3.13. The van der Waals surface area contributed by atoms with E-state index in [2.05, 4.69) is 62.6 Å². The molecule has 0 saturated carbocycles. The quantitative estimate of drug-likeness (QED) is 0.262. The molecule has 0 unspecified atom stereocenters. The van der Waals surface area contributed by atoms with Crippen LogP contribution in [0, 0.1) is 3.57 Å². The van der Waals surface area contributed by atoms with Crippen LogP contribution in [-0.2, 0) is 6.54 Å². The molecule has 0 saturated heterocycles. The van der Waals surface area contributed by atoms with Crippen LogP contribution < -0.4 is 11.1 Å². The van der Waals surface area contributed by atoms with Gasteiger partial charge in [0.2, 0.25) is 0 Å². The molecule has 0 aliphatic heterocycles. The Morgan fingerprint density at radius 1 is 1.36 bits per heavy atom. The lowest BCUT2D eigenvalue weighted by atomic mass is 9.88. The van der Waals surface area contributed by atoms with Gasteiger partial charge in [0.05, 0.1) is 19.5 Å². The summed E-state index contributed by atoms with van der Waals surface area (Å²) in [6, 6.07) is 6.30. The standard InChI is InChI=1S/C18H17ClIN3S2/c19-14-8-13(22-9-10-4-3-7-24-10)18-16(23-14)15(20)17(25-18)11-5-1-2-6-12(11)21/h1-4,7-8,11-12H,5-6,9,21H2,(H,22,23)/t11-,12-/m0/s1. The van der Waals surface area contributed by atoms with Crippen LogP contribution in [0.15, 0.2) is 35.7 Å². The zero-order valence-corrected chi connectivity index (χ0v) is 17.9. The maximum Gasteiger partial charge on any atom is 0.131 e. The fourth-order valence-corrected chi connectivity index (χ4v) is 6.58. The highest BCUT2D eigenvalue weighted by atomic mass is 127. The van der Waals surface area contributed by atoms with Gasteiger partial charge < -0.3 is 11.1 Å². The number of fused-ring (bicyclic) bond motifs is 1. The Morgan fingerprint density at radius 2 is 2.20 bits per heavy atom. The van der Waals surface area contributed by atoms with Gasteiger partial charge in [-0.25, -0.2) is 4.98 Å². The summed E-state index contributed by atoms with van der Waals surface area (Å²) in [5, 5.41) is 6.15. The van der Waals surface area contributed by atoms with Crippen molar-refractivity contribution < 1.29 is 0 Å². The van der Waals surface area contributed by atoms with E-state index in [0.29, 0.717) is 11.1 Å². The molecule has 3 heterocycles. The molecule has 1 aliphatic carbocycles. The highest BCUT2D eigenvalue weighted by molar-refractivity contribution is 14.1. The maximum atomic E-state index is 6.38. The highest BCUT2D eigenvalue weighted by Gasteiger charge is 2.27. The molecule has 25 heavy (non-hydrogen) atoms. The molecular formula is C18H17ClIN3S2. The number of thiophene rings is 2. The molecule has 1 aliphatic rings. The number of hydrogen-bond donors (Lipinski definition) is 2. The zero-order valence-electron chi connectivity index (χ0n) is 13.3. The van der Waals surface area contributed by atoms with Gasteiger partial charge >= 0.3 is 0 Å². The lowest BCUT2D eigenvalue weighted by Crippen LogP contribution is -2.29. The van der Waals surface area contributed by atoms with E-state index in [1.807, 2.05) is 6.07 Å². The summed E-state index contributed by atoms with van der Waals surface area (Å²) in [5.74, 6) is 0.361. The Morgan fingerprint density at radius 3 is 2.96 bits per heavy atom. The molecule has 3 N–H and O–H groups in total. The summed E-state index contributed by atoms with van der Waals surface area (Å²) in [7, 11) is 0. The van der Waals surface area contributed by atoms with Gasteiger partial charge in [0, 0.05) is 34.3 Å². The Hall–Kier alpha value is -0.670. The van der Waals surface area contributed by atoms with Gasteiger partial charge in [-0.2, -0.15) is 0 Å². The van der Waals surface area contributed by atoms with Crippen molar-refractivity contribution in [1.82, 2.24) is 4.98 Å². The largest absolute Gasteiger partial charge is 0.379 e. The molecule has 0 amide bonds. The number of rotatable bonds is 4. The summed E-state index contributed by atoms with van der Waals surface area (Å²) in [5.41, 5.74) is 8.43. The van der Waals surface area contributed by atoms with E-state index in [4.69, 9.17) is 17.3 Å². The minimum Gasteiger partial charge on any atom is -0.379 e. The summed E-state index contributed by atoms with van der Waals surface area (Å²) in [4.78, 5) is 7.23. The van der Waals surface area contributed by atoms with Crippen molar-refractivity contribution in [2.75, 3.05) is 5.32 Å². The zero-order chi connectivity index (χ0) is 17.4. The molecule has 0 bridgehead atoms. The van der Waals surface area contributed by atoms with E-state index in [1.165, 1.54) is 18.0 Å². The molecule has 0 aromatic carbocycles. The first-order chi connectivity index (χ1) is 12.1. The average molecular weight is 502 g/mol. The van der Waals surface area contributed by atoms with Crippen molar-refractivity contribution in [1.29, 1.82) is 0 Å². The number of halogens is 2. The third-order valence-electron chi connectivity index (χ3n) is 4.43. The van der Waals surface area contributed by atoms with Crippen LogP contribution in [0.1, 0.15) is 28.5 Å². The van der Waals surface area contributed by atoms with Crippen molar-refractivity contribution in [3.8, 4) is 0 Å². The van der Waals surface area contributed by atoms with Crippen molar-refractivity contribution >= 4 is 72.8 Å². The Kier molecular flexibility index (Phi) is 5.33. The van der Waals surface area contributed by atoms with Gasteiger partial charge in [0.25, 0.3) is 0 Å². The summed E-state index contributed by atoms with van der Waals surface area (Å²) >= 11 is 12.3. The van der Waals surface area contributed by atoms with Gasteiger partial charge in [-0.15, -0.1) is 22.7 Å². The van der Waals surface area contributed by atoms with E-state index in [-0.39, 0.29) is 6.04 Å². The number of hydrogen-bond acceptors (Lipinski definition) is 5. The van der Waals surface area contributed by atoms with Gasteiger partial charge in [-0.1, -0.05) is 29.8 Å². The Balaban J connectivity index is 1.73. The molecular weight excluding hydrogens is 485 g/mol. The lowest BCUT2D eigenvalue weighted by molar-refractivity contribution is 0.527. The smallest absolute Gasteiger partial charge is 0.131 e. The number of anilines is 1. The second-order valence-corrected chi connectivity index (χ2v) is 9.65. The molecule has 7 heteroatoms. The average Bonchev–Trinajstić information content (AvgIpc) is 3.22. The normalized spacial score (nSPS) is 20.3. The van der Waals surface area contributed by atoms with Gasteiger partial charge in [0.1, 0.15) is 5.15 Å². The summed E-state index contributed by atoms with van der Waals surface area (Å²) in [6.07, 6.45) is 6.36. The Bertz CT molecular complexity index is 920. The molecule has 130 valence electrons. The van der Waals surface area contributed by atoms with Gasteiger partial charge in [-0.3, -0.25) is 0 Å². The van der Waals surface area contributed by atoms with Crippen LogP contribution >= 0.6 is 56.9 Å². The van der Waals surface area contributed by atoms with E-state index < -0.39 is 0 Å². The molecule has 0 radical (unpaired) electrons. The molecule has 2 atom stereocenters.